The van der Waals surface area contributed by atoms with Gasteiger partial charge in [-0.05, 0) is 19.3 Å². The topological polar surface area (TPSA) is 71.5 Å². The van der Waals surface area contributed by atoms with E-state index in [4.69, 9.17) is 4.74 Å². The summed E-state index contributed by atoms with van der Waals surface area (Å²) < 4.78 is 5.16. The van der Waals surface area contributed by atoms with E-state index in [9.17, 15) is 9.59 Å². The molecule has 0 bridgehead atoms. The maximum absolute atomic E-state index is 12.1. The van der Waals surface area contributed by atoms with E-state index in [1.165, 1.54) is 0 Å². The Morgan fingerprint density at radius 3 is 2.52 bits per heavy atom. The van der Waals surface area contributed by atoms with Gasteiger partial charge in [0.25, 0.3) is 0 Å². The largest absolute Gasteiger partial charge is 0.494 e. The minimum absolute atomic E-state index is 0.125. The first-order chi connectivity index (χ1) is 11.1. The molecule has 6 nitrogen and oxygen atoms in total. The van der Waals surface area contributed by atoms with Crippen molar-refractivity contribution in [3.05, 3.63) is 18.5 Å². The van der Waals surface area contributed by atoms with E-state index in [2.05, 4.69) is 24.1 Å². The van der Waals surface area contributed by atoms with Crippen molar-refractivity contribution in [2.24, 2.45) is 0 Å². The molecule has 0 aliphatic heterocycles. The van der Waals surface area contributed by atoms with Crippen molar-refractivity contribution < 1.29 is 14.3 Å². The Kier molecular flexibility index (Phi) is 8.72. The molecule has 128 valence electrons. The Morgan fingerprint density at radius 2 is 1.91 bits per heavy atom. The van der Waals surface area contributed by atoms with Crippen molar-refractivity contribution in [2.45, 2.75) is 46.0 Å². The molecule has 2 amide bonds. The maximum Gasteiger partial charge on any atom is 0.224 e. The van der Waals surface area contributed by atoms with Crippen molar-refractivity contribution in [3.63, 3.8) is 0 Å². The van der Waals surface area contributed by atoms with Crippen molar-refractivity contribution in [1.82, 2.24) is 9.88 Å². The summed E-state index contributed by atoms with van der Waals surface area (Å²) in [6.07, 6.45) is 6.29. The number of hydrogen-bond donors (Lipinski definition) is 1. The lowest BCUT2D eigenvalue weighted by molar-refractivity contribution is -0.131. The Labute approximate surface area is 138 Å². The lowest BCUT2D eigenvalue weighted by Gasteiger charge is -2.21. The van der Waals surface area contributed by atoms with E-state index in [1.54, 1.807) is 25.6 Å². The van der Waals surface area contributed by atoms with Crippen molar-refractivity contribution in [1.29, 1.82) is 0 Å². The number of pyridine rings is 1. The normalized spacial score (nSPS) is 10.2. The number of carbonyl (C=O) groups is 2. The van der Waals surface area contributed by atoms with Crippen LogP contribution in [0.3, 0.4) is 0 Å². The molecule has 0 aliphatic carbocycles. The van der Waals surface area contributed by atoms with Gasteiger partial charge < -0.3 is 15.0 Å². The van der Waals surface area contributed by atoms with Crippen LogP contribution < -0.4 is 10.1 Å². The van der Waals surface area contributed by atoms with E-state index in [0.29, 0.717) is 30.7 Å². The summed E-state index contributed by atoms with van der Waals surface area (Å²) in [5.74, 6) is 0.559. The quantitative estimate of drug-likeness (QED) is 0.719. The van der Waals surface area contributed by atoms with Crippen LogP contribution in [0, 0.1) is 0 Å². The third kappa shape index (κ3) is 6.67. The number of nitrogens with one attached hydrogen (secondary N) is 1. The highest BCUT2D eigenvalue weighted by atomic mass is 16.5. The van der Waals surface area contributed by atoms with Gasteiger partial charge in [-0.2, -0.15) is 0 Å². The monoisotopic (exact) mass is 321 g/mol. The molecule has 0 fully saturated rings. The highest BCUT2D eigenvalue weighted by molar-refractivity contribution is 5.92. The second kappa shape index (κ2) is 10.6. The zero-order valence-electron chi connectivity index (χ0n) is 14.3. The smallest absolute Gasteiger partial charge is 0.224 e. The molecule has 0 aromatic carbocycles. The first-order valence-electron chi connectivity index (χ1n) is 8.18. The van der Waals surface area contributed by atoms with Crippen molar-refractivity contribution in [2.75, 3.05) is 25.5 Å². The van der Waals surface area contributed by atoms with Crippen LogP contribution >= 0.6 is 0 Å². The maximum atomic E-state index is 12.1. The van der Waals surface area contributed by atoms with Crippen LogP contribution in [0.1, 0.15) is 46.0 Å². The molecule has 0 spiro atoms. The number of ether oxygens (including phenoxy) is 1. The Bertz CT molecular complexity index is 500. The second-order valence-corrected chi connectivity index (χ2v) is 5.36. The number of anilines is 1. The number of amides is 2. The van der Waals surface area contributed by atoms with Gasteiger partial charge in [0.2, 0.25) is 11.8 Å². The molecule has 1 rings (SSSR count). The molecule has 0 saturated carbocycles. The third-order valence-electron chi connectivity index (χ3n) is 3.41. The van der Waals surface area contributed by atoms with Crippen LogP contribution in [0.4, 0.5) is 5.69 Å². The summed E-state index contributed by atoms with van der Waals surface area (Å²) >= 11 is 0. The molecule has 1 heterocycles. The summed E-state index contributed by atoms with van der Waals surface area (Å²) in [4.78, 5) is 29.9. The molecule has 0 saturated heterocycles. The van der Waals surface area contributed by atoms with Crippen molar-refractivity contribution >= 4 is 17.5 Å². The molecule has 1 aromatic rings. The minimum atomic E-state index is -0.137. The fourth-order valence-electron chi connectivity index (χ4n) is 2.33. The molecular formula is C17H27N3O3. The Balaban J connectivity index is 2.39. The van der Waals surface area contributed by atoms with Crippen LogP contribution in [0.5, 0.6) is 5.75 Å². The van der Waals surface area contributed by atoms with Gasteiger partial charge in [-0.25, -0.2) is 0 Å². The minimum Gasteiger partial charge on any atom is -0.494 e. The van der Waals surface area contributed by atoms with Gasteiger partial charge in [-0.3, -0.25) is 14.6 Å². The molecule has 23 heavy (non-hydrogen) atoms. The van der Waals surface area contributed by atoms with Crippen LogP contribution in [-0.2, 0) is 9.59 Å². The number of hydrogen-bond acceptors (Lipinski definition) is 4. The number of aromatic nitrogens is 1. The first-order valence-corrected chi connectivity index (χ1v) is 8.18. The van der Waals surface area contributed by atoms with E-state index in [-0.39, 0.29) is 11.8 Å². The van der Waals surface area contributed by atoms with Crippen LogP contribution in [-0.4, -0.2) is 41.9 Å². The van der Waals surface area contributed by atoms with Gasteiger partial charge >= 0.3 is 0 Å². The average molecular weight is 321 g/mol. The zero-order chi connectivity index (χ0) is 17.1. The lowest BCUT2D eigenvalue weighted by atomic mass is 10.2. The van der Waals surface area contributed by atoms with Gasteiger partial charge in [0.1, 0.15) is 11.4 Å². The number of rotatable bonds is 10. The summed E-state index contributed by atoms with van der Waals surface area (Å²) in [6, 6.07) is 1.69. The van der Waals surface area contributed by atoms with Gasteiger partial charge in [-0.15, -0.1) is 0 Å². The SMILES string of the molecule is CCCN(CCC)C(=O)CCCC(=O)Nc1cnccc1OC. The highest BCUT2D eigenvalue weighted by Crippen LogP contribution is 2.21. The highest BCUT2D eigenvalue weighted by Gasteiger charge is 2.13. The summed E-state index contributed by atoms with van der Waals surface area (Å²) in [5, 5.41) is 2.76. The third-order valence-corrected chi connectivity index (χ3v) is 3.41. The molecule has 0 aliphatic rings. The standard InChI is InChI=1S/C17H27N3O3/c1-4-11-20(12-5-2)17(22)8-6-7-16(21)19-14-13-18-10-9-15(14)23-3/h9-10,13H,4-8,11-12H2,1-3H3,(H,19,21). The Morgan fingerprint density at radius 1 is 1.22 bits per heavy atom. The molecule has 1 N–H and O–H groups in total. The van der Waals surface area contributed by atoms with E-state index in [0.717, 1.165) is 25.9 Å². The summed E-state index contributed by atoms with van der Waals surface area (Å²) in [7, 11) is 1.54. The Hall–Kier alpha value is -2.11. The first kappa shape index (κ1) is 18.9. The van der Waals surface area contributed by atoms with E-state index >= 15 is 0 Å². The van der Waals surface area contributed by atoms with Crippen LogP contribution in [0.2, 0.25) is 0 Å². The van der Waals surface area contributed by atoms with Crippen LogP contribution in [0.15, 0.2) is 18.5 Å². The number of carbonyl (C=O) groups excluding carboxylic acids is 2. The molecule has 6 heteroatoms. The molecule has 1 aromatic heterocycles. The van der Waals surface area contributed by atoms with E-state index in [1.807, 2.05) is 4.90 Å². The predicted molar refractivity (Wildman–Crippen MR) is 90.4 cm³/mol. The molecular weight excluding hydrogens is 294 g/mol. The van der Waals surface area contributed by atoms with Gasteiger partial charge in [0.15, 0.2) is 0 Å². The zero-order valence-corrected chi connectivity index (χ0v) is 14.3. The van der Waals surface area contributed by atoms with Crippen LogP contribution in [0.25, 0.3) is 0 Å². The second-order valence-electron chi connectivity index (χ2n) is 5.36. The van der Waals surface area contributed by atoms with E-state index < -0.39 is 0 Å². The molecule has 0 unspecified atom stereocenters. The van der Waals surface area contributed by atoms with Gasteiger partial charge in [-0.1, -0.05) is 13.8 Å². The van der Waals surface area contributed by atoms with Crippen molar-refractivity contribution in [3.8, 4) is 5.75 Å². The van der Waals surface area contributed by atoms with Gasteiger partial charge in [0, 0.05) is 38.2 Å². The fraction of sp³-hybridized carbons (Fsp3) is 0.588. The average Bonchev–Trinajstić information content (AvgIpc) is 2.55. The summed E-state index contributed by atoms with van der Waals surface area (Å²) in [5.41, 5.74) is 0.546. The molecule has 0 atom stereocenters. The lowest BCUT2D eigenvalue weighted by Crippen LogP contribution is -2.32. The summed E-state index contributed by atoms with van der Waals surface area (Å²) in [6.45, 7) is 5.69. The van der Waals surface area contributed by atoms with Gasteiger partial charge in [0.05, 0.1) is 13.3 Å². The number of methoxy groups -OCH3 is 1. The molecule has 0 radical (unpaired) electrons. The number of nitrogens with zero attached hydrogens (tertiary/aromatic N) is 2. The fourth-order valence-corrected chi connectivity index (χ4v) is 2.33. The predicted octanol–water partition coefficient (Wildman–Crippen LogP) is 2.85.